The fourth-order valence-corrected chi connectivity index (χ4v) is 1.88. The third-order valence-electron chi connectivity index (χ3n) is 3.15. The summed E-state index contributed by atoms with van der Waals surface area (Å²) in [6, 6.07) is 0. The third-order valence-corrected chi connectivity index (χ3v) is 3.15. The van der Waals surface area contributed by atoms with Gasteiger partial charge in [-0.3, -0.25) is 0 Å². The van der Waals surface area contributed by atoms with Crippen molar-refractivity contribution in [1.82, 2.24) is 0 Å². The molecule has 110 valence electrons. The van der Waals surface area contributed by atoms with E-state index in [0.717, 1.165) is 26.1 Å². The zero-order chi connectivity index (χ0) is 13.5. The van der Waals surface area contributed by atoms with Gasteiger partial charge in [0.1, 0.15) is 0 Å². The second kappa shape index (κ2) is 15.0. The molecule has 0 saturated heterocycles. The highest BCUT2D eigenvalue weighted by Gasteiger charge is 2.08. The Balaban J connectivity index is 3.60. The highest BCUT2D eigenvalue weighted by Crippen LogP contribution is 2.10. The third kappa shape index (κ3) is 12.4. The van der Waals surface area contributed by atoms with Crippen molar-refractivity contribution in [3.8, 4) is 0 Å². The van der Waals surface area contributed by atoms with Crippen LogP contribution in [0.5, 0.6) is 0 Å². The molecule has 2 nitrogen and oxygen atoms in total. The Hall–Kier alpha value is -0.0800. The first-order chi connectivity index (χ1) is 8.85. The van der Waals surface area contributed by atoms with Crippen molar-refractivity contribution in [2.24, 2.45) is 0 Å². The van der Waals surface area contributed by atoms with Gasteiger partial charge in [-0.05, 0) is 25.7 Å². The lowest BCUT2D eigenvalue weighted by molar-refractivity contribution is -0.147. The molecule has 0 aliphatic carbocycles. The summed E-state index contributed by atoms with van der Waals surface area (Å²) in [4.78, 5) is 0. The van der Waals surface area contributed by atoms with Crippen LogP contribution in [0.1, 0.15) is 85.0 Å². The molecule has 0 aromatic rings. The van der Waals surface area contributed by atoms with Crippen molar-refractivity contribution in [3.05, 3.63) is 0 Å². The molecule has 18 heavy (non-hydrogen) atoms. The smallest absolute Gasteiger partial charge is 0.157 e. The van der Waals surface area contributed by atoms with Crippen LogP contribution in [0.4, 0.5) is 0 Å². The average molecular weight is 258 g/mol. The van der Waals surface area contributed by atoms with Crippen LogP contribution >= 0.6 is 0 Å². The number of hydrogen-bond donors (Lipinski definition) is 0. The highest BCUT2D eigenvalue weighted by molar-refractivity contribution is 4.49. The topological polar surface area (TPSA) is 18.5 Å². The summed E-state index contributed by atoms with van der Waals surface area (Å²) in [5.74, 6) is 0. The van der Waals surface area contributed by atoms with Gasteiger partial charge < -0.3 is 9.47 Å². The number of rotatable bonds is 14. The van der Waals surface area contributed by atoms with Crippen LogP contribution in [0, 0.1) is 0 Å². The van der Waals surface area contributed by atoms with E-state index in [2.05, 4.69) is 20.8 Å². The van der Waals surface area contributed by atoms with Gasteiger partial charge in [0.25, 0.3) is 0 Å². The lowest BCUT2D eigenvalue weighted by Crippen LogP contribution is -2.18. The summed E-state index contributed by atoms with van der Waals surface area (Å²) < 4.78 is 11.7. The minimum Gasteiger partial charge on any atom is -0.353 e. The van der Waals surface area contributed by atoms with Gasteiger partial charge in [0, 0.05) is 13.2 Å². The van der Waals surface area contributed by atoms with Crippen LogP contribution in [0.15, 0.2) is 0 Å². The Bertz CT molecular complexity index is 138. The number of ether oxygens (including phenoxy) is 2. The number of hydrogen-bond acceptors (Lipinski definition) is 2. The Morgan fingerprint density at radius 2 is 1.17 bits per heavy atom. The summed E-state index contributed by atoms with van der Waals surface area (Å²) in [6.07, 6.45) is 12.3. The first-order valence-corrected chi connectivity index (χ1v) is 8.08. The van der Waals surface area contributed by atoms with Crippen LogP contribution in [0.25, 0.3) is 0 Å². The fraction of sp³-hybridized carbons (Fsp3) is 1.00. The maximum atomic E-state index is 5.86. The molecule has 0 aliphatic heterocycles. The lowest BCUT2D eigenvalue weighted by Gasteiger charge is -2.18. The second-order valence-corrected chi connectivity index (χ2v) is 5.08. The predicted molar refractivity (Wildman–Crippen MR) is 78.9 cm³/mol. The molecule has 2 heteroatoms. The molecular formula is C16H34O2. The van der Waals surface area contributed by atoms with Gasteiger partial charge in [0.2, 0.25) is 0 Å². The Morgan fingerprint density at radius 3 is 1.78 bits per heavy atom. The molecule has 1 unspecified atom stereocenters. The number of unbranched alkanes of at least 4 members (excludes halogenated alkanes) is 6. The monoisotopic (exact) mass is 258 g/mol. The minimum atomic E-state index is 0.0460. The molecule has 0 fully saturated rings. The first kappa shape index (κ1) is 17.9. The average Bonchev–Trinajstić information content (AvgIpc) is 2.38. The molecule has 0 heterocycles. The molecule has 0 N–H and O–H groups in total. The quantitative estimate of drug-likeness (QED) is 0.311. The van der Waals surface area contributed by atoms with Crippen molar-refractivity contribution in [2.45, 2.75) is 91.3 Å². The molecule has 0 rings (SSSR count). The minimum absolute atomic E-state index is 0.0460. The summed E-state index contributed by atoms with van der Waals surface area (Å²) in [5.41, 5.74) is 0. The zero-order valence-corrected chi connectivity index (χ0v) is 12.9. The van der Waals surface area contributed by atoms with Gasteiger partial charge in [-0.25, -0.2) is 0 Å². The van der Waals surface area contributed by atoms with Crippen molar-refractivity contribution < 1.29 is 9.47 Å². The van der Waals surface area contributed by atoms with Crippen molar-refractivity contribution in [2.75, 3.05) is 13.2 Å². The van der Waals surface area contributed by atoms with E-state index < -0.39 is 0 Å². The predicted octanol–water partition coefficient (Wildman–Crippen LogP) is 5.31. The Labute approximate surface area is 114 Å². The first-order valence-electron chi connectivity index (χ1n) is 8.08. The summed E-state index contributed by atoms with van der Waals surface area (Å²) in [5, 5.41) is 0. The molecule has 0 aromatic carbocycles. The van der Waals surface area contributed by atoms with Crippen LogP contribution in [0.3, 0.4) is 0 Å². The lowest BCUT2D eigenvalue weighted by atomic mass is 10.2. The molecule has 0 aliphatic rings. The molecule has 0 bridgehead atoms. The van der Waals surface area contributed by atoms with Gasteiger partial charge >= 0.3 is 0 Å². The van der Waals surface area contributed by atoms with E-state index in [-0.39, 0.29) is 6.29 Å². The van der Waals surface area contributed by atoms with Crippen LogP contribution < -0.4 is 0 Å². The molecule has 1 atom stereocenters. The molecule has 0 radical (unpaired) electrons. The van der Waals surface area contributed by atoms with E-state index in [1.54, 1.807) is 0 Å². The van der Waals surface area contributed by atoms with Gasteiger partial charge in [-0.1, -0.05) is 59.3 Å². The maximum absolute atomic E-state index is 5.86. The largest absolute Gasteiger partial charge is 0.353 e. The maximum Gasteiger partial charge on any atom is 0.157 e. The highest BCUT2D eigenvalue weighted by atomic mass is 16.7. The van der Waals surface area contributed by atoms with Crippen LogP contribution in [-0.4, -0.2) is 19.5 Å². The van der Waals surface area contributed by atoms with E-state index in [9.17, 15) is 0 Å². The van der Waals surface area contributed by atoms with E-state index in [0.29, 0.717) is 0 Å². The zero-order valence-electron chi connectivity index (χ0n) is 12.9. The van der Waals surface area contributed by atoms with Crippen LogP contribution in [0.2, 0.25) is 0 Å². The van der Waals surface area contributed by atoms with Crippen molar-refractivity contribution in [1.29, 1.82) is 0 Å². The molecule has 0 saturated carbocycles. The SMILES string of the molecule is CCCCCCOC(CCCCC)OCCCC. The standard InChI is InChI=1S/C16H34O2/c1-4-7-10-12-15-18-16(13-11-8-5-2)17-14-9-6-3/h16H,4-15H2,1-3H3. The molecule has 0 amide bonds. The molecule has 0 spiro atoms. The van der Waals surface area contributed by atoms with E-state index in [1.807, 2.05) is 0 Å². The van der Waals surface area contributed by atoms with Gasteiger partial charge in [0.15, 0.2) is 6.29 Å². The molecule has 0 aromatic heterocycles. The Morgan fingerprint density at radius 1 is 0.611 bits per heavy atom. The normalized spacial score (nSPS) is 12.8. The van der Waals surface area contributed by atoms with E-state index >= 15 is 0 Å². The van der Waals surface area contributed by atoms with Crippen LogP contribution in [-0.2, 0) is 9.47 Å². The Kier molecular flexibility index (Phi) is 14.9. The molecular weight excluding hydrogens is 224 g/mol. The van der Waals surface area contributed by atoms with Gasteiger partial charge in [0.05, 0.1) is 0 Å². The summed E-state index contributed by atoms with van der Waals surface area (Å²) in [7, 11) is 0. The summed E-state index contributed by atoms with van der Waals surface area (Å²) >= 11 is 0. The van der Waals surface area contributed by atoms with Gasteiger partial charge in [-0.15, -0.1) is 0 Å². The van der Waals surface area contributed by atoms with Crippen molar-refractivity contribution in [3.63, 3.8) is 0 Å². The van der Waals surface area contributed by atoms with Crippen molar-refractivity contribution >= 4 is 0 Å². The van der Waals surface area contributed by atoms with E-state index in [4.69, 9.17) is 9.47 Å². The van der Waals surface area contributed by atoms with E-state index in [1.165, 1.54) is 51.4 Å². The second-order valence-electron chi connectivity index (χ2n) is 5.08. The fourth-order valence-electron chi connectivity index (χ4n) is 1.88. The van der Waals surface area contributed by atoms with Gasteiger partial charge in [-0.2, -0.15) is 0 Å². The summed E-state index contributed by atoms with van der Waals surface area (Å²) in [6.45, 7) is 8.38.